The van der Waals surface area contributed by atoms with Gasteiger partial charge in [0.1, 0.15) is 0 Å². The van der Waals surface area contributed by atoms with Gasteiger partial charge in [-0.15, -0.1) is 0 Å². The lowest BCUT2D eigenvalue weighted by atomic mass is 9.88. The first-order valence-electron chi connectivity index (χ1n) is 9.02. The molecule has 0 aromatic heterocycles. The third-order valence-electron chi connectivity index (χ3n) is 4.69. The fourth-order valence-electron chi connectivity index (χ4n) is 3.14. The van der Waals surface area contributed by atoms with Crippen LogP contribution in [0.4, 0.5) is 0 Å². The van der Waals surface area contributed by atoms with Crippen molar-refractivity contribution in [3.05, 3.63) is 35.4 Å². The summed E-state index contributed by atoms with van der Waals surface area (Å²) in [6.45, 7) is 8.80. The van der Waals surface area contributed by atoms with E-state index >= 15 is 0 Å². The zero-order chi connectivity index (χ0) is 16.7. The molecule has 2 N–H and O–H groups in total. The number of nitrogens with one attached hydrogen (secondary N) is 2. The normalized spacial score (nSPS) is 19.7. The lowest BCUT2D eigenvalue weighted by molar-refractivity contribution is -0.128. The minimum absolute atomic E-state index is 0.113. The summed E-state index contributed by atoms with van der Waals surface area (Å²) in [5.41, 5.74) is 2.33. The second kappa shape index (κ2) is 8.49. The smallest absolute Gasteiger partial charge is 0.225 e. The van der Waals surface area contributed by atoms with Gasteiger partial charge in [-0.25, -0.2) is 0 Å². The summed E-state index contributed by atoms with van der Waals surface area (Å²) in [5, 5.41) is 6.60. The summed E-state index contributed by atoms with van der Waals surface area (Å²) in [5.74, 6) is 0.865. The van der Waals surface area contributed by atoms with Crippen molar-refractivity contribution < 1.29 is 4.79 Å². The molecule has 128 valence electrons. The fourth-order valence-corrected chi connectivity index (χ4v) is 3.14. The van der Waals surface area contributed by atoms with Crippen LogP contribution in [0.2, 0.25) is 0 Å². The van der Waals surface area contributed by atoms with Crippen LogP contribution < -0.4 is 10.6 Å². The lowest BCUT2D eigenvalue weighted by Crippen LogP contribution is -2.34. The molecule has 23 heavy (non-hydrogen) atoms. The van der Waals surface area contributed by atoms with E-state index in [2.05, 4.69) is 34.9 Å². The minimum Gasteiger partial charge on any atom is -0.352 e. The molecular weight excluding hydrogens is 284 g/mol. The maximum Gasteiger partial charge on any atom is 0.225 e. The van der Waals surface area contributed by atoms with Gasteiger partial charge in [-0.2, -0.15) is 0 Å². The fraction of sp³-hybridized carbons (Fsp3) is 0.650. The molecule has 0 aliphatic carbocycles. The van der Waals surface area contributed by atoms with Crippen molar-refractivity contribution in [3.63, 3.8) is 0 Å². The van der Waals surface area contributed by atoms with Crippen molar-refractivity contribution in [3.8, 4) is 0 Å². The Hall–Kier alpha value is -1.35. The van der Waals surface area contributed by atoms with Gasteiger partial charge in [-0.3, -0.25) is 4.79 Å². The third kappa shape index (κ3) is 5.98. The van der Waals surface area contributed by atoms with E-state index in [4.69, 9.17) is 0 Å². The van der Waals surface area contributed by atoms with Gasteiger partial charge >= 0.3 is 0 Å². The summed E-state index contributed by atoms with van der Waals surface area (Å²) < 4.78 is 0. The van der Waals surface area contributed by atoms with Gasteiger partial charge in [-0.1, -0.05) is 57.9 Å². The van der Waals surface area contributed by atoms with Gasteiger partial charge in [0.25, 0.3) is 0 Å². The second-order valence-electron chi connectivity index (χ2n) is 7.81. The van der Waals surface area contributed by atoms with Gasteiger partial charge < -0.3 is 10.6 Å². The summed E-state index contributed by atoms with van der Waals surface area (Å²) in [7, 11) is 0. The number of rotatable bonds is 4. The highest BCUT2D eigenvalue weighted by molar-refractivity contribution is 5.81. The predicted octanol–water partition coefficient (Wildman–Crippen LogP) is 3.67. The molecule has 3 nitrogen and oxygen atoms in total. The Kier molecular flexibility index (Phi) is 6.64. The van der Waals surface area contributed by atoms with E-state index in [9.17, 15) is 4.79 Å². The minimum atomic E-state index is -0.333. The molecule has 3 heteroatoms. The first-order chi connectivity index (χ1) is 11.0. The van der Waals surface area contributed by atoms with Gasteiger partial charge in [-0.05, 0) is 49.4 Å². The van der Waals surface area contributed by atoms with E-state index in [0.717, 1.165) is 18.9 Å². The van der Waals surface area contributed by atoms with Crippen LogP contribution in [0.15, 0.2) is 24.3 Å². The highest BCUT2D eigenvalue weighted by Crippen LogP contribution is 2.22. The molecular formula is C20H32N2O. The Morgan fingerprint density at radius 3 is 2.61 bits per heavy atom. The second-order valence-corrected chi connectivity index (χ2v) is 7.81. The zero-order valence-corrected chi connectivity index (χ0v) is 15.0. The quantitative estimate of drug-likeness (QED) is 0.890. The maximum atomic E-state index is 12.1. The van der Waals surface area contributed by atoms with Gasteiger partial charge in [0.05, 0.1) is 0 Å². The van der Waals surface area contributed by atoms with Gasteiger partial charge in [0.2, 0.25) is 5.91 Å². The van der Waals surface area contributed by atoms with Crippen molar-refractivity contribution >= 4 is 5.91 Å². The molecule has 1 amide bonds. The molecule has 2 rings (SSSR count). The predicted molar refractivity (Wildman–Crippen MR) is 96.3 cm³/mol. The van der Waals surface area contributed by atoms with Gasteiger partial charge in [0.15, 0.2) is 0 Å². The molecule has 1 aromatic carbocycles. The van der Waals surface area contributed by atoms with E-state index < -0.39 is 0 Å². The number of amides is 1. The summed E-state index contributed by atoms with van der Waals surface area (Å²) >= 11 is 0. The Morgan fingerprint density at radius 1 is 1.13 bits per heavy atom. The molecule has 0 radical (unpaired) electrons. The Morgan fingerprint density at radius 2 is 1.87 bits per heavy atom. The van der Waals surface area contributed by atoms with Crippen molar-refractivity contribution in [2.45, 2.75) is 59.4 Å². The van der Waals surface area contributed by atoms with E-state index in [-0.39, 0.29) is 11.3 Å². The third-order valence-corrected chi connectivity index (χ3v) is 4.69. The molecule has 1 heterocycles. The van der Waals surface area contributed by atoms with Crippen molar-refractivity contribution in [1.82, 2.24) is 10.6 Å². The molecule has 0 saturated carbocycles. The Bertz CT molecular complexity index is 497. The molecule has 1 aromatic rings. The van der Waals surface area contributed by atoms with Crippen LogP contribution in [0.1, 0.15) is 57.6 Å². The topological polar surface area (TPSA) is 41.1 Å². The molecule has 1 unspecified atom stereocenters. The monoisotopic (exact) mass is 316 g/mol. The van der Waals surface area contributed by atoms with Crippen molar-refractivity contribution in [1.29, 1.82) is 0 Å². The summed E-state index contributed by atoms with van der Waals surface area (Å²) in [6, 6.07) is 8.57. The van der Waals surface area contributed by atoms with Crippen LogP contribution in [0, 0.1) is 11.3 Å². The van der Waals surface area contributed by atoms with Crippen LogP contribution >= 0.6 is 0 Å². The standard InChI is InChI=1S/C20H32N2O/c1-20(2,3)19(23)22-15-18-10-5-4-9-17(18)14-16-8-6-7-12-21-13-11-16/h4-5,9-10,16,21H,6-8,11-15H2,1-3H3,(H,22,23). The number of carbonyl (C=O) groups excluding carboxylic acids is 1. The van der Waals surface area contributed by atoms with Crippen LogP contribution in [0.5, 0.6) is 0 Å². The molecule has 1 aliphatic rings. The molecule has 1 atom stereocenters. The molecule has 1 saturated heterocycles. The van der Waals surface area contributed by atoms with E-state index in [1.165, 1.54) is 43.4 Å². The molecule has 1 fully saturated rings. The zero-order valence-electron chi connectivity index (χ0n) is 15.0. The highest BCUT2D eigenvalue weighted by Gasteiger charge is 2.21. The van der Waals surface area contributed by atoms with E-state index in [1.807, 2.05) is 20.8 Å². The summed E-state index contributed by atoms with van der Waals surface area (Å²) in [6.07, 6.45) is 6.32. The highest BCUT2D eigenvalue weighted by atomic mass is 16.2. The molecule has 0 spiro atoms. The average Bonchev–Trinajstić information content (AvgIpc) is 2.47. The van der Waals surface area contributed by atoms with E-state index in [0.29, 0.717) is 6.54 Å². The SMILES string of the molecule is CC(C)(C)C(=O)NCc1ccccc1CC1CCCCNCC1. The average molecular weight is 316 g/mol. The Balaban J connectivity index is 1.97. The molecule has 0 bridgehead atoms. The van der Waals surface area contributed by atoms with Crippen LogP contribution in [-0.4, -0.2) is 19.0 Å². The number of hydrogen-bond acceptors (Lipinski definition) is 2. The maximum absolute atomic E-state index is 12.1. The van der Waals surface area contributed by atoms with E-state index in [1.54, 1.807) is 0 Å². The summed E-state index contributed by atoms with van der Waals surface area (Å²) in [4.78, 5) is 12.1. The van der Waals surface area contributed by atoms with Crippen molar-refractivity contribution in [2.24, 2.45) is 11.3 Å². The number of benzene rings is 1. The molecule has 1 aliphatic heterocycles. The Labute approximate surface area is 141 Å². The van der Waals surface area contributed by atoms with Gasteiger partial charge in [0, 0.05) is 12.0 Å². The van der Waals surface area contributed by atoms with Crippen molar-refractivity contribution in [2.75, 3.05) is 13.1 Å². The number of carbonyl (C=O) groups is 1. The van der Waals surface area contributed by atoms with Crippen LogP contribution in [0.3, 0.4) is 0 Å². The largest absolute Gasteiger partial charge is 0.352 e. The first-order valence-corrected chi connectivity index (χ1v) is 9.02. The van der Waals surface area contributed by atoms with Crippen LogP contribution in [0.25, 0.3) is 0 Å². The number of hydrogen-bond donors (Lipinski definition) is 2. The lowest BCUT2D eigenvalue weighted by Gasteiger charge is -2.22. The van der Waals surface area contributed by atoms with Crippen LogP contribution in [-0.2, 0) is 17.8 Å². The first kappa shape index (κ1) is 18.0.